The summed E-state index contributed by atoms with van der Waals surface area (Å²) in [4.78, 5) is 41.1. The van der Waals surface area contributed by atoms with Gasteiger partial charge in [0.1, 0.15) is 10.9 Å². The summed E-state index contributed by atoms with van der Waals surface area (Å²) in [6.07, 6.45) is 1.65. The molecule has 1 saturated heterocycles. The van der Waals surface area contributed by atoms with Crippen LogP contribution in [-0.4, -0.2) is 60.5 Å². The fourth-order valence-corrected chi connectivity index (χ4v) is 5.19. The van der Waals surface area contributed by atoms with E-state index in [1.54, 1.807) is 18.2 Å². The number of anilines is 1. The van der Waals surface area contributed by atoms with E-state index < -0.39 is 23.8 Å². The van der Waals surface area contributed by atoms with Gasteiger partial charge in [0.25, 0.3) is 11.8 Å². The zero-order valence-electron chi connectivity index (χ0n) is 21.7. The molecule has 1 aliphatic rings. The molecule has 11 nitrogen and oxygen atoms in total. The molecule has 12 heteroatoms. The van der Waals surface area contributed by atoms with Crippen LogP contribution in [0, 0.1) is 0 Å². The topological polar surface area (TPSA) is 159 Å². The SMILES string of the molecule is COc1ccc([C@@H](C(=O)NC[C@@H]2CCCO2)N(Cc2ccccc2)C(=O)c2snc(C(N)=O)c2N)cc1OC. The number of carbonyl (C=O) groups is 3. The van der Waals surface area contributed by atoms with Crippen molar-refractivity contribution in [2.24, 2.45) is 5.73 Å². The second-order valence-electron chi connectivity index (χ2n) is 8.95. The number of hydrogen-bond donors (Lipinski definition) is 3. The fraction of sp³-hybridized carbons (Fsp3) is 0.333. The highest BCUT2D eigenvalue weighted by Gasteiger charge is 2.36. The molecule has 2 heterocycles. The molecule has 5 N–H and O–H groups in total. The fourth-order valence-electron chi connectivity index (χ4n) is 4.43. The maximum absolute atomic E-state index is 14.1. The molecule has 206 valence electrons. The molecule has 3 amide bonds. The lowest BCUT2D eigenvalue weighted by Gasteiger charge is -2.32. The number of rotatable bonds is 11. The zero-order chi connectivity index (χ0) is 27.9. The van der Waals surface area contributed by atoms with Crippen LogP contribution in [0.15, 0.2) is 48.5 Å². The Kier molecular flexibility index (Phi) is 8.99. The Morgan fingerprint density at radius 3 is 2.51 bits per heavy atom. The Morgan fingerprint density at radius 2 is 1.90 bits per heavy atom. The van der Waals surface area contributed by atoms with Gasteiger partial charge < -0.3 is 35.9 Å². The average molecular weight is 554 g/mol. The number of nitrogens with one attached hydrogen (secondary N) is 1. The predicted molar refractivity (Wildman–Crippen MR) is 146 cm³/mol. The minimum Gasteiger partial charge on any atom is -0.493 e. The molecule has 0 saturated carbocycles. The summed E-state index contributed by atoms with van der Waals surface area (Å²) in [6.45, 7) is 1.00. The Labute approximate surface area is 230 Å². The average Bonchev–Trinajstić information content (AvgIpc) is 3.61. The summed E-state index contributed by atoms with van der Waals surface area (Å²) in [5.41, 5.74) is 12.5. The minimum atomic E-state index is -1.10. The van der Waals surface area contributed by atoms with Gasteiger partial charge in [0.2, 0.25) is 5.91 Å². The van der Waals surface area contributed by atoms with Gasteiger partial charge in [0.05, 0.1) is 26.0 Å². The molecule has 1 aromatic heterocycles. The highest BCUT2D eigenvalue weighted by molar-refractivity contribution is 7.09. The number of primary amides is 1. The molecule has 0 unspecified atom stereocenters. The van der Waals surface area contributed by atoms with E-state index in [1.807, 2.05) is 30.3 Å². The van der Waals surface area contributed by atoms with Gasteiger partial charge in [0, 0.05) is 19.7 Å². The Morgan fingerprint density at radius 1 is 1.15 bits per heavy atom. The number of ether oxygens (including phenoxy) is 3. The van der Waals surface area contributed by atoms with E-state index in [-0.39, 0.29) is 28.9 Å². The van der Waals surface area contributed by atoms with Crippen LogP contribution in [0.3, 0.4) is 0 Å². The number of nitrogens with zero attached hydrogens (tertiary/aromatic N) is 2. The van der Waals surface area contributed by atoms with Crippen molar-refractivity contribution >= 4 is 34.9 Å². The van der Waals surface area contributed by atoms with E-state index in [4.69, 9.17) is 25.7 Å². The van der Waals surface area contributed by atoms with Crippen molar-refractivity contribution in [3.05, 3.63) is 70.2 Å². The van der Waals surface area contributed by atoms with Crippen molar-refractivity contribution in [3.8, 4) is 11.5 Å². The number of nitrogens with two attached hydrogens (primary N) is 2. The monoisotopic (exact) mass is 553 g/mol. The Balaban J connectivity index is 1.80. The summed E-state index contributed by atoms with van der Waals surface area (Å²) in [7, 11) is 3.00. The first-order valence-corrected chi connectivity index (χ1v) is 13.1. The van der Waals surface area contributed by atoms with E-state index in [0.717, 1.165) is 29.9 Å². The number of carbonyl (C=O) groups excluding carboxylic acids is 3. The highest BCUT2D eigenvalue weighted by Crippen LogP contribution is 2.35. The number of benzene rings is 2. The van der Waals surface area contributed by atoms with E-state index in [9.17, 15) is 14.4 Å². The minimum absolute atomic E-state index is 0.0112. The van der Waals surface area contributed by atoms with Crippen molar-refractivity contribution in [2.45, 2.75) is 31.5 Å². The number of amides is 3. The van der Waals surface area contributed by atoms with Gasteiger partial charge in [-0.15, -0.1) is 0 Å². The van der Waals surface area contributed by atoms with Crippen LogP contribution >= 0.6 is 11.5 Å². The molecule has 39 heavy (non-hydrogen) atoms. The first-order chi connectivity index (χ1) is 18.8. The molecular formula is C27H31N5O6S. The van der Waals surface area contributed by atoms with Gasteiger partial charge in [-0.1, -0.05) is 36.4 Å². The molecule has 3 aromatic rings. The largest absolute Gasteiger partial charge is 0.493 e. The third-order valence-corrected chi connectivity index (χ3v) is 7.27. The van der Waals surface area contributed by atoms with Crippen molar-refractivity contribution in [1.82, 2.24) is 14.6 Å². The van der Waals surface area contributed by atoms with Gasteiger partial charge in [-0.3, -0.25) is 14.4 Å². The number of nitrogen functional groups attached to an aromatic ring is 1. The van der Waals surface area contributed by atoms with Crippen molar-refractivity contribution in [1.29, 1.82) is 0 Å². The van der Waals surface area contributed by atoms with Crippen LogP contribution in [0.1, 0.15) is 50.2 Å². The molecule has 1 fully saturated rings. The van der Waals surface area contributed by atoms with Crippen LogP contribution in [0.5, 0.6) is 11.5 Å². The quantitative estimate of drug-likeness (QED) is 0.327. The third-order valence-electron chi connectivity index (χ3n) is 6.42. The lowest BCUT2D eigenvalue weighted by molar-refractivity contribution is -0.126. The van der Waals surface area contributed by atoms with Gasteiger partial charge in [-0.05, 0) is 47.6 Å². The van der Waals surface area contributed by atoms with Crippen LogP contribution in [-0.2, 0) is 16.1 Å². The standard InChI is InChI=1S/C27H31N5O6S/c1-36-19-11-10-17(13-20(19)37-2)23(26(34)30-14-18-9-6-12-38-18)32(15-16-7-4-3-5-8-16)27(35)24-21(28)22(25(29)33)31-39-24/h3-5,7-8,10-11,13,18,23H,6,9,12,14-15,28H2,1-2H3,(H2,29,33)(H,30,34)/t18-,23-/m0/s1. The summed E-state index contributed by atoms with van der Waals surface area (Å²) in [6, 6.07) is 13.2. The predicted octanol–water partition coefficient (Wildman–Crippen LogP) is 2.52. The molecule has 1 aliphatic heterocycles. The van der Waals surface area contributed by atoms with E-state index >= 15 is 0 Å². The summed E-state index contributed by atoms with van der Waals surface area (Å²) in [5, 5.41) is 2.95. The van der Waals surface area contributed by atoms with Crippen molar-refractivity contribution in [3.63, 3.8) is 0 Å². The van der Waals surface area contributed by atoms with E-state index in [2.05, 4.69) is 9.69 Å². The molecule has 2 aromatic carbocycles. The zero-order valence-corrected chi connectivity index (χ0v) is 22.5. The first-order valence-electron chi connectivity index (χ1n) is 12.3. The van der Waals surface area contributed by atoms with Crippen molar-refractivity contribution in [2.75, 3.05) is 33.1 Å². The smallest absolute Gasteiger partial charge is 0.270 e. The first kappa shape index (κ1) is 27.9. The van der Waals surface area contributed by atoms with Gasteiger partial charge >= 0.3 is 0 Å². The van der Waals surface area contributed by atoms with Crippen LogP contribution in [0.25, 0.3) is 0 Å². The van der Waals surface area contributed by atoms with Crippen LogP contribution in [0.2, 0.25) is 0 Å². The Bertz CT molecular complexity index is 1330. The molecule has 0 aliphatic carbocycles. The van der Waals surface area contributed by atoms with Crippen LogP contribution < -0.4 is 26.3 Å². The third kappa shape index (κ3) is 6.29. The lowest BCUT2D eigenvalue weighted by atomic mass is 10.0. The second-order valence-corrected chi connectivity index (χ2v) is 9.73. The molecule has 4 rings (SSSR count). The maximum atomic E-state index is 14.1. The number of aromatic nitrogens is 1. The molecule has 2 atom stereocenters. The summed E-state index contributed by atoms with van der Waals surface area (Å²) in [5.74, 6) is -0.970. The summed E-state index contributed by atoms with van der Waals surface area (Å²) >= 11 is 0.760. The molecule has 0 bridgehead atoms. The van der Waals surface area contributed by atoms with Gasteiger partial charge in [-0.2, -0.15) is 4.37 Å². The van der Waals surface area contributed by atoms with Gasteiger partial charge in [0.15, 0.2) is 17.2 Å². The van der Waals surface area contributed by atoms with Crippen molar-refractivity contribution < 1.29 is 28.6 Å². The normalized spacial score (nSPS) is 15.4. The summed E-state index contributed by atoms with van der Waals surface area (Å²) < 4.78 is 20.5. The lowest BCUT2D eigenvalue weighted by Crippen LogP contribution is -2.45. The Hall–Kier alpha value is -4.16. The van der Waals surface area contributed by atoms with E-state index in [1.165, 1.54) is 19.1 Å². The number of methoxy groups -OCH3 is 2. The van der Waals surface area contributed by atoms with E-state index in [0.29, 0.717) is 30.2 Å². The maximum Gasteiger partial charge on any atom is 0.270 e. The van der Waals surface area contributed by atoms with Crippen LogP contribution in [0.4, 0.5) is 5.69 Å². The molecule has 0 radical (unpaired) electrons. The van der Waals surface area contributed by atoms with Gasteiger partial charge in [-0.25, -0.2) is 0 Å². The highest BCUT2D eigenvalue weighted by atomic mass is 32.1. The number of hydrogen-bond acceptors (Lipinski definition) is 9. The molecule has 0 spiro atoms. The molecular weight excluding hydrogens is 522 g/mol. The second kappa shape index (κ2) is 12.6.